The Kier molecular flexibility index (Phi) is 5.49. The number of urea groups is 1. The van der Waals surface area contributed by atoms with E-state index in [-0.39, 0.29) is 43.5 Å². The molecule has 0 spiro atoms. The van der Waals surface area contributed by atoms with Crippen LogP contribution >= 0.6 is 0 Å². The number of alkyl halides is 3. The average Bonchev–Trinajstić information content (AvgIpc) is 2.93. The van der Waals surface area contributed by atoms with Crippen LogP contribution in [0.15, 0.2) is 12.4 Å². The summed E-state index contributed by atoms with van der Waals surface area (Å²) in [6, 6.07) is 0.461. The molecule has 2 saturated heterocycles. The number of piperidine rings is 1. The smallest absolute Gasteiger partial charge is 0.383 e. The number of rotatable bonds is 5. The van der Waals surface area contributed by atoms with Crippen LogP contribution in [0.25, 0.3) is 0 Å². The van der Waals surface area contributed by atoms with Crippen molar-refractivity contribution in [3.8, 4) is 0 Å². The maximum atomic E-state index is 12.8. The predicted octanol–water partition coefficient (Wildman–Crippen LogP) is 1.37. The molecule has 0 atom stereocenters. The third kappa shape index (κ3) is 4.12. The van der Waals surface area contributed by atoms with Crippen molar-refractivity contribution in [3.63, 3.8) is 0 Å². The summed E-state index contributed by atoms with van der Waals surface area (Å²) < 4.78 is 43.3. The second-order valence-corrected chi connectivity index (χ2v) is 6.43. The van der Waals surface area contributed by atoms with Crippen LogP contribution in [0.4, 0.5) is 23.8 Å². The molecular weight excluding hydrogens is 367 g/mol. The maximum Gasteiger partial charge on any atom is 0.433 e. The summed E-state index contributed by atoms with van der Waals surface area (Å²) >= 11 is 0. The van der Waals surface area contributed by atoms with Crippen molar-refractivity contribution in [3.05, 3.63) is 18.1 Å². The number of imide groups is 1. The second-order valence-electron chi connectivity index (χ2n) is 6.43. The standard InChI is InChI=1S/C16H20F3N5O3/c1-27-7-6-23-14(25)9-24(15(23)26)11-2-4-22(5-3-11)13-8-12(16(17,18)19)20-10-21-13/h8,10-11H,2-7,9H2,1H3. The van der Waals surface area contributed by atoms with E-state index in [0.717, 1.165) is 12.4 Å². The van der Waals surface area contributed by atoms with Gasteiger partial charge in [-0.2, -0.15) is 13.2 Å². The summed E-state index contributed by atoms with van der Waals surface area (Å²) in [4.78, 5) is 36.1. The molecule has 8 nitrogen and oxygen atoms in total. The lowest BCUT2D eigenvalue weighted by Crippen LogP contribution is -2.47. The fourth-order valence-electron chi connectivity index (χ4n) is 3.33. The Morgan fingerprint density at radius 2 is 1.93 bits per heavy atom. The van der Waals surface area contributed by atoms with Crippen molar-refractivity contribution in [2.24, 2.45) is 0 Å². The van der Waals surface area contributed by atoms with Gasteiger partial charge in [0.05, 0.1) is 13.2 Å². The number of halogens is 3. The largest absolute Gasteiger partial charge is 0.433 e. The monoisotopic (exact) mass is 387 g/mol. The highest BCUT2D eigenvalue weighted by Gasteiger charge is 2.40. The van der Waals surface area contributed by atoms with E-state index in [1.54, 1.807) is 4.90 Å². The van der Waals surface area contributed by atoms with Crippen molar-refractivity contribution >= 4 is 17.8 Å². The lowest BCUT2D eigenvalue weighted by atomic mass is 10.0. The SMILES string of the molecule is COCCN1C(=O)CN(C2CCN(c3cc(C(F)(F)F)ncn3)CC2)C1=O. The summed E-state index contributed by atoms with van der Waals surface area (Å²) in [5.41, 5.74) is -0.983. The number of anilines is 1. The van der Waals surface area contributed by atoms with Gasteiger partial charge in [-0.3, -0.25) is 9.69 Å². The van der Waals surface area contributed by atoms with E-state index in [1.807, 2.05) is 0 Å². The highest BCUT2D eigenvalue weighted by Crippen LogP contribution is 2.30. The highest BCUT2D eigenvalue weighted by atomic mass is 19.4. The van der Waals surface area contributed by atoms with Crippen LogP contribution in [0.5, 0.6) is 0 Å². The summed E-state index contributed by atoms with van der Waals surface area (Å²) in [5.74, 6) is -0.0496. The molecule has 0 aromatic carbocycles. The molecule has 11 heteroatoms. The van der Waals surface area contributed by atoms with Crippen molar-refractivity contribution in [2.75, 3.05) is 44.8 Å². The molecule has 0 N–H and O–H groups in total. The zero-order chi connectivity index (χ0) is 19.6. The first-order valence-corrected chi connectivity index (χ1v) is 8.55. The Labute approximate surface area is 153 Å². The summed E-state index contributed by atoms with van der Waals surface area (Å²) in [7, 11) is 1.50. The van der Waals surface area contributed by atoms with Gasteiger partial charge in [-0.25, -0.2) is 14.8 Å². The van der Waals surface area contributed by atoms with Gasteiger partial charge in [-0.1, -0.05) is 0 Å². The molecule has 2 aliphatic heterocycles. The van der Waals surface area contributed by atoms with Gasteiger partial charge in [0.2, 0.25) is 5.91 Å². The normalized spacial score (nSPS) is 19.3. The number of amides is 3. The van der Waals surface area contributed by atoms with Crippen LogP contribution in [0.3, 0.4) is 0 Å². The molecule has 1 aromatic rings. The summed E-state index contributed by atoms with van der Waals surface area (Å²) in [6.45, 7) is 1.40. The molecule has 148 valence electrons. The van der Waals surface area contributed by atoms with Gasteiger partial charge in [-0.15, -0.1) is 0 Å². The number of nitrogens with zero attached hydrogens (tertiary/aromatic N) is 5. The molecule has 0 radical (unpaired) electrons. The molecule has 2 fully saturated rings. The minimum Gasteiger partial charge on any atom is -0.383 e. The molecule has 0 unspecified atom stereocenters. The first-order chi connectivity index (χ1) is 12.8. The van der Waals surface area contributed by atoms with Crippen LogP contribution in [-0.2, 0) is 15.7 Å². The molecular formula is C16H20F3N5O3. The minimum atomic E-state index is -4.52. The molecule has 27 heavy (non-hydrogen) atoms. The Bertz CT molecular complexity index is 707. The van der Waals surface area contributed by atoms with Crippen molar-refractivity contribution in [1.82, 2.24) is 19.8 Å². The predicted molar refractivity (Wildman–Crippen MR) is 88.0 cm³/mol. The van der Waals surface area contributed by atoms with Gasteiger partial charge in [-0.05, 0) is 12.8 Å². The quantitative estimate of drug-likeness (QED) is 0.711. The van der Waals surface area contributed by atoms with E-state index < -0.39 is 11.9 Å². The number of carbonyl (C=O) groups excluding carboxylic acids is 2. The lowest BCUT2D eigenvalue weighted by molar-refractivity contribution is -0.141. The number of hydrogen-bond acceptors (Lipinski definition) is 6. The van der Waals surface area contributed by atoms with E-state index in [1.165, 1.54) is 16.9 Å². The lowest BCUT2D eigenvalue weighted by Gasteiger charge is -2.36. The van der Waals surface area contributed by atoms with E-state index in [2.05, 4.69) is 9.97 Å². The molecule has 0 saturated carbocycles. The topological polar surface area (TPSA) is 78.9 Å². The van der Waals surface area contributed by atoms with Crippen molar-refractivity contribution < 1.29 is 27.5 Å². The zero-order valence-electron chi connectivity index (χ0n) is 14.8. The van der Waals surface area contributed by atoms with Gasteiger partial charge in [0.15, 0.2) is 0 Å². The highest BCUT2D eigenvalue weighted by molar-refractivity contribution is 6.02. The third-order valence-corrected chi connectivity index (χ3v) is 4.77. The van der Waals surface area contributed by atoms with Crippen LogP contribution in [0.1, 0.15) is 18.5 Å². The molecule has 0 bridgehead atoms. The number of aromatic nitrogens is 2. The van der Waals surface area contributed by atoms with Gasteiger partial charge < -0.3 is 14.5 Å². The summed E-state index contributed by atoms with van der Waals surface area (Å²) in [6.07, 6.45) is -2.53. The second kappa shape index (κ2) is 7.67. The fourth-order valence-corrected chi connectivity index (χ4v) is 3.33. The zero-order valence-corrected chi connectivity index (χ0v) is 14.8. The molecule has 0 aliphatic carbocycles. The first-order valence-electron chi connectivity index (χ1n) is 8.55. The molecule has 3 amide bonds. The average molecular weight is 387 g/mol. The Balaban J connectivity index is 1.61. The van der Waals surface area contributed by atoms with Crippen LogP contribution < -0.4 is 4.90 Å². The molecule has 1 aromatic heterocycles. The number of carbonyl (C=O) groups is 2. The third-order valence-electron chi connectivity index (χ3n) is 4.77. The maximum absolute atomic E-state index is 12.8. The van der Waals surface area contributed by atoms with E-state index in [0.29, 0.717) is 25.9 Å². The van der Waals surface area contributed by atoms with Crippen molar-refractivity contribution in [2.45, 2.75) is 25.1 Å². The van der Waals surface area contributed by atoms with Crippen LogP contribution in [0, 0.1) is 0 Å². The molecule has 3 rings (SSSR count). The number of hydrogen-bond donors (Lipinski definition) is 0. The van der Waals surface area contributed by atoms with Gasteiger partial charge in [0.1, 0.15) is 24.4 Å². The van der Waals surface area contributed by atoms with Crippen LogP contribution in [-0.4, -0.2) is 77.6 Å². The fraction of sp³-hybridized carbons (Fsp3) is 0.625. The van der Waals surface area contributed by atoms with Crippen molar-refractivity contribution in [1.29, 1.82) is 0 Å². The minimum absolute atomic E-state index is 0.0267. The van der Waals surface area contributed by atoms with E-state index in [9.17, 15) is 22.8 Å². The van der Waals surface area contributed by atoms with Gasteiger partial charge >= 0.3 is 12.2 Å². The Morgan fingerprint density at radius 3 is 2.56 bits per heavy atom. The Hall–Kier alpha value is -2.43. The first kappa shape index (κ1) is 19.3. The van der Waals surface area contributed by atoms with Crippen LogP contribution in [0.2, 0.25) is 0 Å². The Morgan fingerprint density at radius 1 is 1.22 bits per heavy atom. The summed E-state index contributed by atoms with van der Waals surface area (Å²) in [5, 5.41) is 0. The van der Waals surface area contributed by atoms with E-state index in [4.69, 9.17) is 4.74 Å². The number of methoxy groups -OCH3 is 1. The van der Waals surface area contributed by atoms with E-state index >= 15 is 0 Å². The molecule has 2 aliphatic rings. The van der Waals surface area contributed by atoms with Gasteiger partial charge in [0, 0.05) is 32.3 Å². The number of ether oxygens (including phenoxy) is 1. The molecule has 3 heterocycles. The van der Waals surface area contributed by atoms with Gasteiger partial charge in [0.25, 0.3) is 0 Å².